The monoisotopic (exact) mass is 299 g/mol. The summed E-state index contributed by atoms with van der Waals surface area (Å²) in [6.45, 7) is 5.02. The van der Waals surface area contributed by atoms with Gasteiger partial charge in [-0.2, -0.15) is 0 Å². The fraction of sp³-hybridized carbons (Fsp3) is 1.00. The molecule has 15 heavy (non-hydrogen) atoms. The molecular weight excluding hydrogens is 278 g/mol. The number of hydrogen-bond donors (Lipinski definition) is 1. The molecule has 0 aliphatic heterocycles. The number of unbranched alkanes of at least 4 members (excludes halogenated alkanes) is 3. The van der Waals surface area contributed by atoms with Gasteiger partial charge in [-0.05, 0) is 12.3 Å². The second kappa shape index (κ2) is 8.53. The molecule has 0 amide bonds. The van der Waals surface area contributed by atoms with E-state index in [2.05, 4.69) is 34.5 Å². The van der Waals surface area contributed by atoms with E-state index in [0.717, 1.165) is 18.8 Å². The van der Waals surface area contributed by atoms with E-state index in [0.29, 0.717) is 6.54 Å². The van der Waals surface area contributed by atoms with Gasteiger partial charge in [-0.25, -0.2) is 13.1 Å². The molecule has 0 heterocycles. The highest BCUT2D eigenvalue weighted by Crippen LogP contribution is 2.09. The van der Waals surface area contributed by atoms with E-state index in [4.69, 9.17) is 0 Å². The van der Waals surface area contributed by atoms with Gasteiger partial charge < -0.3 is 0 Å². The minimum Gasteiger partial charge on any atom is -0.215 e. The van der Waals surface area contributed by atoms with Crippen LogP contribution in [0.15, 0.2) is 0 Å². The van der Waals surface area contributed by atoms with Crippen LogP contribution in [0.1, 0.15) is 46.0 Å². The molecule has 0 bridgehead atoms. The second-order valence-corrected chi connectivity index (χ2v) is 7.32. The van der Waals surface area contributed by atoms with Crippen LogP contribution in [0.4, 0.5) is 0 Å². The Balaban J connectivity index is 3.26. The molecule has 1 N–H and O–H groups in total. The molecule has 0 aromatic carbocycles. The molecule has 0 aliphatic carbocycles. The minimum atomic E-state index is -3.06. The lowest BCUT2D eigenvalue weighted by atomic mass is 10.0. The second-order valence-electron chi connectivity index (χ2n) is 4.21. The summed E-state index contributed by atoms with van der Waals surface area (Å²) < 4.78 is 24.6. The first-order valence-electron chi connectivity index (χ1n) is 5.51. The van der Waals surface area contributed by atoms with Crippen LogP contribution in [0.2, 0.25) is 0 Å². The zero-order chi connectivity index (χ0) is 11.7. The Morgan fingerprint density at radius 1 is 1.13 bits per heavy atom. The van der Waals surface area contributed by atoms with Gasteiger partial charge in [-0.1, -0.05) is 55.5 Å². The SMILES string of the molecule is CC(C)CCCCCCNS(=O)(=O)CBr. The summed E-state index contributed by atoms with van der Waals surface area (Å²) in [4.78, 5) is 0. The predicted octanol–water partition coefficient (Wildman–Crippen LogP) is 2.86. The number of rotatable bonds is 9. The van der Waals surface area contributed by atoms with Crippen LogP contribution in [0, 0.1) is 5.92 Å². The fourth-order valence-electron chi connectivity index (χ4n) is 1.30. The highest BCUT2D eigenvalue weighted by molar-refractivity contribution is 9.10. The van der Waals surface area contributed by atoms with Crippen molar-refractivity contribution in [1.29, 1.82) is 0 Å². The number of nitrogens with one attached hydrogen (secondary N) is 1. The molecular formula is C10H22BrNO2S. The van der Waals surface area contributed by atoms with E-state index < -0.39 is 10.0 Å². The van der Waals surface area contributed by atoms with Crippen molar-refractivity contribution in [2.45, 2.75) is 46.0 Å². The van der Waals surface area contributed by atoms with Crippen LogP contribution < -0.4 is 4.72 Å². The first-order valence-corrected chi connectivity index (χ1v) is 8.28. The summed E-state index contributed by atoms with van der Waals surface area (Å²) in [5, 5.41) is 0. The first kappa shape index (κ1) is 15.4. The van der Waals surface area contributed by atoms with Gasteiger partial charge in [-0.15, -0.1) is 0 Å². The van der Waals surface area contributed by atoms with E-state index in [9.17, 15) is 8.42 Å². The summed E-state index contributed by atoms with van der Waals surface area (Å²) in [5.74, 6) is 0.775. The van der Waals surface area contributed by atoms with Gasteiger partial charge >= 0.3 is 0 Å². The van der Waals surface area contributed by atoms with Gasteiger partial charge in [0.2, 0.25) is 10.0 Å². The Kier molecular flexibility index (Phi) is 8.75. The highest BCUT2D eigenvalue weighted by atomic mass is 79.9. The third kappa shape index (κ3) is 10.7. The van der Waals surface area contributed by atoms with Crippen LogP contribution in [-0.2, 0) is 10.0 Å². The molecule has 0 saturated carbocycles. The van der Waals surface area contributed by atoms with Gasteiger partial charge in [0.15, 0.2) is 0 Å². The summed E-state index contributed by atoms with van der Waals surface area (Å²) in [6.07, 6.45) is 5.77. The van der Waals surface area contributed by atoms with Crippen molar-refractivity contribution in [3.05, 3.63) is 0 Å². The molecule has 0 saturated heterocycles. The molecule has 0 rings (SSSR count). The van der Waals surface area contributed by atoms with Gasteiger partial charge in [0.1, 0.15) is 4.66 Å². The van der Waals surface area contributed by atoms with Gasteiger partial charge in [0.05, 0.1) is 0 Å². The standard InChI is InChI=1S/C10H22BrNO2S/c1-10(2)7-5-3-4-6-8-12-15(13,14)9-11/h10,12H,3-9H2,1-2H3. The molecule has 0 fully saturated rings. The Labute approximate surface area is 102 Å². The van der Waals surface area contributed by atoms with Crippen LogP contribution in [0.3, 0.4) is 0 Å². The number of hydrogen-bond acceptors (Lipinski definition) is 2. The summed E-state index contributed by atoms with van der Waals surface area (Å²) in [5.41, 5.74) is 0. The smallest absolute Gasteiger partial charge is 0.215 e. The number of alkyl halides is 1. The predicted molar refractivity (Wildman–Crippen MR) is 68.6 cm³/mol. The lowest BCUT2D eigenvalue weighted by Crippen LogP contribution is -2.25. The van der Waals surface area contributed by atoms with E-state index >= 15 is 0 Å². The number of sulfonamides is 1. The molecule has 0 aromatic heterocycles. The van der Waals surface area contributed by atoms with Crippen molar-refractivity contribution in [3.63, 3.8) is 0 Å². The van der Waals surface area contributed by atoms with E-state index in [1.165, 1.54) is 19.3 Å². The Morgan fingerprint density at radius 2 is 1.73 bits per heavy atom. The number of halogens is 1. The molecule has 0 spiro atoms. The molecule has 0 aliphatic rings. The quantitative estimate of drug-likeness (QED) is 0.526. The average Bonchev–Trinajstić information content (AvgIpc) is 2.16. The fourth-order valence-corrected chi connectivity index (χ4v) is 2.32. The van der Waals surface area contributed by atoms with Gasteiger partial charge in [0.25, 0.3) is 0 Å². The van der Waals surface area contributed by atoms with Crippen LogP contribution in [0.5, 0.6) is 0 Å². The Morgan fingerprint density at radius 3 is 2.27 bits per heavy atom. The maximum absolute atomic E-state index is 11.0. The first-order chi connectivity index (χ1) is 6.98. The molecule has 0 atom stereocenters. The van der Waals surface area contributed by atoms with Crippen molar-refractivity contribution in [3.8, 4) is 0 Å². The van der Waals surface area contributed by atoms with Crippen molar-refractivity contribution in [2.24, 2.45) is 5.92 Å². The normalized spacial score (nSPS) is 12.3. The average molecular weight is 300 g/mol. The zero-order valence-corrected chi connectivity index (χ0v) is 12.0. The van der Waals surface area contributed by atoms with Gasteiger partial charge in [0, 0.05) is 6.54 Å². The summed E-state index contributed by atoms with van der Waals surface area (Å²) in [7, 11) is -3.06. The lowest BCUT2D eigenvalue weighted by Gasteiger charge is -2.05. The van der Waals surface area contributed by atoms with Crippen molar-refractivity contribution in [2.75, 3.05) is 11.2 Å². The van der Waals surface area contributed by atoms with E-state index in [-0.39, 0.29) is 4.66 Å². The Bertz CT molecular complexity index is 240. The molecule has 5 heteroatoms. The van der Waals surface area contributed by atoms with E-state index in [1.54, 1.807) is 0 Å². The largest absolute Gasteiger partial charge is 0.221 e. The Hall–Kier alpha value is 0.390. The van der Waals surface area contributed by atoms with Crippen molar-refractivity contribution < 1.29 is 8.42 Å². The third-order valence-corrected chi connectivity index (χ3v) is 4.91. The molecule has 0 unspecified atom stereocenters. The summed E-state index contributed by atoms with van der Waals surface area (Å²) >= 11 is 2.93. The van der Waals surface area contributed by atoms with Gasteiger partial charge in [-0.3, -0.25) is 0 Å². The minimum absolute atomic E-state index is 0.00660. The van der Waals surface area contributed by atoms with Crippen LogP contribution in [-0.4, -0.2) is 19.6 Å². The molecule has 0 aromatic rings. The molecule has 3 nitrogen and oxygen atoms in total. The van der Waals surface area contributed by atoms with Crippen LogP contribution in [0.25, 0.3) is 0 Å². The summed E-state index contributed by atoms with van der Waals surface area (Å²) in [6, 6.07) is 0. The highest BCUT2D eigenvalue weighted by Gasteiger charge is 2.05. The maximum atomic E-state index is 11.0. The van der Waals surface area contributed by atoms with E-state index in [1.807, 2.05) is 0 Å². The molecule has 0 radical (unpaired) electrons. The zero-order valence-electron chi connectivity index (χ0n) is 9.63. The third-order valence-electron chi connectivity index (χ3n) is 2.17. The van der Waals surface area contributed by atoms with Crippen LogP contribution >= 0.6 is 15.9 Å². The topological polar surface area (TPSA) is 46.2 Å². The lowest BCUT2D eigenvalue weighted by molar-refractivity contribution is 0.518. The van der Waals surface area contributed by atoms with Crippen molar-refractivity contribution >= 4 is 26.0 Å². The molecule has 92 valence electrons. The van der Waals surface area contributed by atoms with Crippen molar-refractivity contribution in [1.82, 2.24) is 4.72 Å². The maximum Gasteiger partial charge on any atom is 0.221 e.